The van der Waals surface area contributed by atoms with Crippen LogP contribution in [0.25, 0.3) is 0 Å². The SMILES string of the molecule is COC(=O)c1cnccc1N1CC(CO)CC1=O. The van der Waals surface area contributed by atoms with E-state index in [0.717, 1.165) is 0 Å². The van der Waals surface area contributed by atoms with Gasteiger partial charge in [-0.05, 0) is 6.07 Å². The van der Waals surface area contributed by atoms with Gasteiger partial charge in [-0.3, -0.25) is 9.78 Å². The van der Waals surface area contributed by atoms with E-state index < -0.39 is 5.97 Å². The van der Waals surface area contributed by atoms with E-state index in [1.807, 2.05) is 0 Å². The van der Waals surface area contributed by atoms with Crippen LogP contribution in [0.3, 0.4) is 0 Å². The minimum absolute atomic E-state index is 0.0408. The second-order valence-corrected chi connectivity index (χ2v) is 4.14. The van der Waals surface area contributed by atoms with Crippen molar-refractivity contribution in [3.05, 3.63) is 24.0 Å². The second-order valence-electron chi connectivity index (χ2n) is 4.14. The fourth-order valence-corrected chi connectivity index (χ4v) is 2.03. The summed E-state index contributed by atoms with van der Waals surface area (Å²) in [5.74, 6) is -0.722. The van der Waals surface area contributed by atoms with Crippen molar-refractivity contribution in [2.45, 2.75) is 6.42 Å². The van der Waals surface area contributed by atoms with Gasteiger partial charge in [0.2, 0.25) is 5.91 Å². The molecule has 1 fully saturated rings. The number of carbonyl (C=O) groups is 2. The number of aromatic nitrogens is 1. The van der Waals surface area contributed by atoms with Crippen LogP contribution in [-0.4, -0.2) is 42.2 Å². The highest BCUT2D eigenvalue weighted by atomic mass is 16.5. The van der Waals surface area contributed by atoms with Crippen LogP contribution in [0.2, 0.25) is 0 Å². The normalized spacial score (nSPS) is 19.1. The number of amides is 1. The number of anilines is 1. The molecule has 1 atom stereocenters. The van der Waals surface area contributed by atoms with Gasteiger partial charge in [0.25, 0.3) is 0 Å². The van der Waals surface area contributed by atoms with Crippen LogP contribution in [0.15, 0.2) is 18.5 Å². The maximum Gasteiger partial charge on any atom is 0.341 e. The number of hydrogen-bond donors (Lipinski definition) is 1. The number of aliphatic hydroxyl groups is 1. The number of esters is 1. The molecule has 1 saturated heterocycles. The smallest absolute Gasteiger partial charge is 0.341 e. The summed E-state index contributed by atoms with van der Waals surface area (Å²) >= 11 is 0. The van der Waals surface area contributed by atoms with Gasteiger partial charge in [-0.15, -0.1) is 0 Å². The lowest BCUT2D eigenvalue weighted by Crippen LogP contribution is -2.27. The number of aliphatic hydroxyl groups excluding tert-OH is 1. The number of methoxy groups -OCH3 is 1. The minimum Gasteiger partial charge on any atom is -0.465 e. The lowest BCUT2D eigenvalue weighted by atomic mass is 10.1. The summed E-state index contributed by atoms with van der Waals surface area (Å²) in [4.78, 5) is 28.8. The van der Waals surface area contributed by atoms with Crippen molar-refractivity contribution in [1.82, 2.24) is 4.98 Å². The van der Waals surface area contributed by atoms with Gasteiger partial charge in [-0.25, -0.2) is 4.79 Å². The molecule has 6 heteroatoms. The number of nitrogens with zero attached hydrogens (tertiary/aromatic N) is 2. The van der Waals surface area contributed by atoms with E-state index >= 15 is 0 Å². The number of carbonyl (C=O) groups excluding carboxylic acids is 2. The summed E-state index contributed by atoms with van der Waals surface area (Å²) < 4.78 is 4.66. The van der Waals surface area contributed by atoms with E-state index in [9.17, 15) is 9.59 Å². The molecule has 1 aliphatic rings. The average molecular weight is 250 g/mol. The standard InChI is InChI=1S/C12H14N2O4/c1-18-12(17)9-5-13-3-2-10(9)14-6-8(7-15)4-11(14)16/h2-3,5,8,15H,4,6-7H2,1H3. The van der Waals surface area contributed by atoms with Crippen molar-refractivity contribution in [2.75, 3.05) is 25.2 Å². The zero-order valence-corrected chi connectivity index (χ0v) is 10.00. The first kappa shape index (κ1) is 12.5. The summed E-state index contributed by atoms with van der Waals surface area (Å²) in [6, 6.07) is 1.60. The zero-order valence-electron chi connectivity index (χ0n) is 10.00. The molecule has 1 unspecified atom stereocenters. The molecule has 0 bridgehead atoms. The van der Waals surface area contributed by atoms with Crippen molar-refractivity contribution in [3.8, 4) is 0 Å². The quantitative estimate of drug-likeness (QED) is 0.776. The molecule has 1 aromatic rings. The Balaban J connectivity index is 2.34. The van der Waals surface area contributed by atoms with E-state index in [2.05, 4.69) is 9.72 Å². The fourth-order valence-electron chi connectivity index (χ4n) is 2.03. The first-order chi connectivity index (χ1) is 8.67. The predicted octanol–water partition coefficient (Wildman–Crippen LogP) is 0.213. The molecule has 0 radical (unpaired) electrons. The maximum absolute atomic E-state index is 11.8. The summed E-state index contributed by atoms with van der Waals surface area (Å²) in [5.41, 5.74) is 0.740. The second kappa shape index (κ2) is 5.14. The summed E-state index contributed by atoms with van der Waals surface area (Å²) in [6.45, 7) is 0.365. The van der Waals surface area contributed by atoms with E-state index in [0.29, 0.717) is 18.7 Å². The van der Waals surface area contributed by atoms with Gasteiger partial charge in [0.15, 0.2) is 0 Å². The number of hydrogen-bond acceptors (Lipinski definition) is 5. The molecule has 0 aliphatic carbocycles. The van der Waals surface area contributed by atoms with Gasteiger partial charge in [-0.1, -0.05) is 0 Å². The van der Waals surface area contributed by atoms with Crippen molar-refractivity contribution in [2.24, 2.45) is 5.92 Å². The van der Waals surface area contributed by atoms with Crippen LogP contribution >= 0.6 is 0 Å². The number of rotatable bonds is 3. The topological polar surface area (TPSA) is 79.7 Å². The summed E-state index contributed by atoms with van der Waals surface area (Å²) in [7, 11) is 1.28. The highest BCUT2D eigenvalue weighted by Gasteiger charge is 2.32. The Kier molecular flexibility index (Phi) is 3.57. The molecule has 2 rings (SSSR count). The molecule has 96 valence electrons. The molecule has 0 spiro atoms. The van der Waals surface area contributed by atoms with Crippen LogP contribution in [0.5, 0.6) is 0 Å². The Morgan fingerprint density at radius 1 is 1.67 bits per heavy atom. The predicted molar refractivity (Wildman–Crippen MR) is 63.1 cm³/mol. The Morgan fingerprint density at radius 3 is 3.06 bits per heavy atom. The van der Waals surface area contributed by atoms with Gasteiger partial charge in [0.1, 0.15) is 5.56 Å². The summed E-state index contributed by atoms with van der Waals surface area (Å²) in [6.07, 6.45) is 3.18. The molecule has 1 amide bonds. The molecule has 0 saturated carbocycles. The van der Waals surface area contributed by atoms with E-state index in [1.54, 1.807) is 6.07 Å². The van der Waals surface area contributed by atoms with Crippen molar-refractivity contribution < 1.29 is 19.4 Å². The van der Waals surface area contributed by atoms with Gasteiger partial charge < -0.3 is 14.7 Å². The Bertz CT molecular complexity index is 475. The molecule has 0 aromatic carbocycles. The average Bonchev–Trinajstić information content (AvgIpc) is 2.79. The van der Waals surface area contributed by atoms with E-state index in [1.165, 1.54) is 24.4 Å². The fraction of sp³-hybridized carbons (Fsp3) is 0.417. The van der Waals surface area contributed by atoms with E-state index in [4.69, 9.17) is 5.11 Å². The van der Waals surface area contributed by atoms with Gasteiger partial charge >= 0.3 is 5.97 Å². The lowest BCUT2D eigenvalue weighted by molar-refractivity contribution is -0.117. The van der Waals surface area contributed by atoms with Crippen LogP contribution in [0, 0.1) is 5.92 Å². The molecular formula is C12H14N2O4. The molecule has 6 nitrogen and oxygen atoms in total. The van der Waals surface area contributed by atoms with Gasteiger partial charge in [-0.2, -0.15) is 0 Å². The molecule has 2 heterocycles. The molecular weight excluding hydrogens is 236 g/mol. The largest absolute Gasteiger partial charge is 0.465 e. The monoisotopic (exact) mass is 250 g/mol. The Morgan fingerprint density at radius 2 is 2.44 bits per heavy atom. The third-order valence-corrected chi connectivity index (χ3v) is 2.96. The Labute approximate surface area is 104 Å². The van der Waals surface area contributed by atoms with Crippen LogP contribution < -0.4 is 4.90 Å². The van der Waals surface area contributed by atoms with Crippen LogP contribution in [-0.2, 0) is 9.53 Å². The van der Waals surface area contributed by atoms with Crippen LogP contribution in [0.4, 0.5) is 5.69 Å². The van der Waals surface area contributed by atoms with Gasteiger partial charge in [0, 0.05) is 37.9 Å². The first-order valence-corrected chi connectivity index (χ1v) is 5.61. The van der Waals surface area contributed by atoms with Crippen LogP contribution in [0.1, 0.15) is 16.8 Å². The highest BCUT2D eigenvalue weighted by molar-refractivity contribution is 6.03. The zero-order chi connectivity index (χ0) is 13.1. The molecule has 1 aromatic heterocycles. The molecule has 1 aliphatic heterocycles. The third kappa shape index (κ3) is 2.19. The maximum atomic E-state index is 11.8. The van der Waals surface area contributed by atoms with Crippen molar-refractivity contribution in [3.63, 3.8) is 0 Å². The third-order valence-electron chi connectivity index (χ3n) is 2.96. The van der Waals surface area contributed by atoms with E-state index in [-0.39, 0.29) is 24.0 Å². The summed E-state index contributed by atoms with van der Waals surface area (Å²) in [5, 5.41) is 9.09. The first-order valence-electron chi connectivity index (χ1n) is 5.61. The van der Waals surface area contributed by atoms with Gasteiger partial charge in [0.05, 0.1) is 12.8 Å². The minimum atomic E-state index is -0.529. The van der Waals surface area contributed by atoms with Crippen molar-refractivity contribution in [1.29, 1.82) is 0 Å². The number of pyridine rings is 1. The number of ether oxygens (including phenoxy) is 1. The van der Waals surface area contributed by atoms with Crippen molar-refractivity contribution >= 4 is 17.6 Å². The Hall–Kier alpha value is -1.95. The molecule has 1 N–H and O–H groups in total. The highest BCUT2D eigenvalue weighted by Crippen LogP contribution is 2.27. The lowest BCUT2D eigenvalue weighted by Gasteiger charge is -2.18. The molecule has 18 heavy (non-hydrogen) atoms.